The first-order valence-corrected chi connectivity index (χ1v) is 7.95. The van der Waals surface area contributed by atoms with Gasteiger partial charge < -0.3 is 5.11 Å². The maximum atomic E-state index is 11.1. The van der Waals surface area contributed by atoms with Crippen molar-refractivity contribution in [3.8, 4) is 6.07 Å². The lowest BCUT2D eigenvalue weighted by Gasteiger charge is -2.44. The molecule has 0 radical (unpaired) electrons. The van der Waals surface area contributed by atoms with Crippen LogP contribution in [-0.2, 0) is 5.60 Å². The number of nitrogens with zero attached hydrogens (tertiary/aromatic N) is 1. The Morgan fingerprint density at radius 3 is 2.63 bits per heavy atom. The Morgan fingerprint density at radius 2 is 2.00 bits per heavy atom. The summed E-state index contributed by atoms with van der Waals surface area (Å²) in [5, 5.41) is 21.4. The molecule has 2 aliphatic rings. The number of benzene rings is 1. The van der Waals surface area contributed by atoms with Gasteiger partial charge in [-0.25, -0.2) is 0 Å². The van der Waals surface area contributed by atoms with E-state index < -0.39 is 5.60 Å². The van der Waals surface area contributed by atoms with Gasteiger partial charge in [0.25, 0.3) is 0 Å². The lowest BCUT2D eigenvalue weighted by molar-refractivity contribution is 0.00755. The molecule has 1 aromatic carbocycles. The Hall–Kier alpha value is -0.980. The molecule has 2 fully saturated rings. The molecule has 2 heterocycles. The minimum Gasteiger partial charge on any atom is -0.385 e. The van der Waals surface area contributed by atoms with Gasteiger partial charge in [0.05, 0.1) is 17.2 Å². The SMILES string of the molecule is Cc1c(C#N)cccc1C1(O)CC2CCCC(C1)S2. The second-order valence-electron chi connectivity index (χ2n) is 5.84. The predicted molar refractivity (Wildman–Crippen MR) is 78.0 cm³/mol. The molecule has 0 amide bonds. The third kappa shape index (κ3) is 2.28. The van der Waals surface area contributed by atoms with Crippen LogP contribution in [0.3, 0.4) is 0 Å². The topological polar surface area (TPSA) is 44.0 Å². The van der Waals surface area contributed by atoms with Gasteiger partial charge in [-0.3, -0.25) is 0 Å². The minimum absolute atomic E-state index is 0.586. The Morgan fingerprint density at radius 1 is 1.32 bits per heavy atom. The van der Waals surface area contributed by atoms with Crippen LogP contribution in [0.1, 0.15) is 48.8 Å². The van der Waals surface area contributed by atoms with Gasteiger partial charge in [0.2, 0.25) is 0 Å². The number of hydrogen-bond donors (Lipinski definition) is 1. The van der Waals surface area contributed by atoms with Gasteiger partial charge in [0, 0.05) is 10.5 Å². The van der Waals surface area contributed by atoms with Crippen LogP contribution in [0.4, 0.5) is 0 Å². The quantitative estimate of drug-likeness (QED) is 0.851. The highest BCUT2D eigenvalue weighted by Gasteiger charge is 2.43. The van der Waals surface area contributed by atoms with Crippen LogP contribution in [0.25, 0.3) is 0 Å². The third-order valence-corrected chi connectivity index (χ3v) is 6.10. The Labute approximate surface area is 118 Å². The van der Waals surface area contributed by atoms with E-state index in [0.29, 0.717) is 16.1 Å². The van der Waals surface area contributed by atoms with Gasteiger partial charge in [-0.05, 0) is 49.8 Å². The van der Waals surface area contributed by atoms with Crippen LogP contribution in [0.5, 0.6) is 0 Å². The zero-order valence-electron chi connectivity index (χ0n) is 11.2. The van der Waals surface area contributed by atoms with Crippen molar-refractivity contribution in [2.45, 2.75) is 55.1 Å². The van der Waals surface area contributed by atoms with Gasteiger partial charge in [-0.1, -0.05) is 18.6 Å². The second-order valence-corrected chi connectivity index (χ2v) is 7.45. The molecule has 1 N–H and O–H groups in total. The first-order valence-electron chi connectivity index (χ1n) is 7.00. The van der Waals surface area contributed by atoms with Gasteiger partial charge in [-0.15, -0.1) is 0 Å². The molecule has 0 spiro atoms. The van der Waals surface area contributed by atoms with E-state index in [1.165, 1.54) is 19.3 Å². The summed E-state index contributed by atoms with van der Waals surface area (Å²) in [4.78, 5) is 0. The van der Waals surface area contributed by atoms with Gasteiger partial charge >= 0.3 is 0 Å². The lowest BCUT2D eigenvalue weighted by atomic mass is 9.78. The monoisotopic (exact) mass is 273 g/mol. The Balaban J connectivity index is 1.99. The molecule has 19 heavy (non-hydrogen) atoms. The van der Waals surface area contributed by atoms with Crippen molar-refractivity contribution >= 4 is 11.8 Å². The highest BCUT2D eigenvalue weighted by Crippen LogP contribution is 2.50. The number of nitriles is 1. The summed E-state index contributed by atoms with van der Waals surface area (Å²) >= 11 is 2.06. The van der Waals surface area contributed by atoms with Gasteiger partial charge in [0.1, 0.15) is 0 Å². The number of rotatable bonds is 1. The molecule has 2 bridgehead atoms. The van der Waals surface area contributed by atoms with Gasteiger partial charge in [-0.2, -0.15) is 17.0 Å². The van der Waals surface area contributed by atoms with Gasteiger partial charge in [0.15, 0.2) is 0 Å². The highest BCUT2D eigenvalue weighted by molar-refractivity contribution is 8.00. The van der Waals surface area contributed by atoms with E-state index in [4.69, 9.17) is 5.26 Å². The van der Waals surface area contributed by atoms with Crippen molar-refractivity contribution in [1.29, 1.82) is 5.26 Å². The minimum atomic E-state index is -0.724. The second kappa shape index (κ2) is 4.85. The maximum absolute atomic E-state index is 11.1. The first-order chi connectivity index (χ1) is 9.12. The zero-order chi connectivity index (χ0) is 13.5. The summed E-state index contributed by atoms with van der Waals surface area (Å²) in [6.45, 7) is 1.96. The molecular weight excluding hydrogens is 254 g/mol. The summed E-state index contributed by atoms with van der Waals surface area (Å²) < 4.78 is 0. The average Bonchev–Trinajstić information content (AvgIpc) is 2.38. The number of hydrogen-bond acceptors (Lipinski definition) is 3. The summed E-state index contributed by atoms with van der Waals surface area (Å²) in [5.41, 5.74) is 1.90. The van der Waals surface area contributed by atoms with E-state index in [2.05, 4.69) is 17.8 Å². The maximum Gasteiger partial charge on any atom is 0.0994 e. The molecule has 2 atom stereocenters. The summed E-state index contributed by atoms with van der Waals surface area (Å²) in [5.74, 6) is 0. The number of aliphatic hydroxyl groups is 1. The molecule has 2 nitrogen and oxygen atoms in total. The predicted octanol–water partition coefficient (Wildman–Crippen LogP) is 3.50. The van der Waals surface area contributed by atoms with Crippen molar-refractivity contribution in [3.63, 3.8) is 0 Å². The van der Waals surface area contributed by atoms with E-state index in [9.17, 15) is 5.11 Å². The molecule has 3 heteroatoms. The van der Waals surface area contributed by atoms with Crippen molar-refractivity contribution in [3.05, 3.63) is 34.9 Å². The number of thioether (sulfide) groups is 1. The summed E-state index contributed by atoms with van der Waals surface area (Å²) in [7, 11) is 0. The molecule has 0 saturated carbocycles. The van der Waals surface area contributed by atoms with Crippen LogP contribution in [0.2, 0.25) is 0 Å². The van der Waals surface area contributed by atoms with E-state index in [1.54, 1.807) is 0 Å². The Bertz CT molecular complexity index is 522. The van der Waals surface area contributed by atoms with Crippen molar-refractivity contribution in [2.75, 3.05) is 0 Å². The Kier molecular flexibility index (Phi) is 3.32. The van der Waals surface area contributed by atoms with Crippen LogP contribution in [0, 0.1) is 18.3 Å². The van der Waals surface area contributed by atoms with Crippen molar-refractivity contribution in [2.24, 2.45) is 0 Å². The molecular formula is C16H19NOS. The summed E-state index contributed by atoms with van der Waals surface area (Å²) in [6.07, 6.45) is 5.42. The molecule has 100 valence electrons. The molecule has 2 aliphatic heterocycles. The van der Waals surface area contributed by atoms with Crippen LogP contribution in [0.15, 0.2) is 18.2 Å². The van der Waals surface area contributed by atoms with Crippen molar-refractivity contribution < 1.29 is 5.11 Å². The third-order valence-electron chi connectivity index (χ3n) is 4.52. The van der Waals surface area contributed by atoms with E-state index in [-0.39, 0.29) is 0 Å². The average molecular weight is 273 g/mol. The molecule has 3 rings (SSSR count). The van der Waals surface area contributed by atoms with Crippen LogP contribution >= 0.6 is 11.8 Å². The summed E-state index contributed by atoms with van der Waals surface area (Å²) in [6, 6.07) is 7.96. The fourth-order valence-corrected chi connectivity index (χ4v) is 5.49. The van der Waals surface area contributed by atoms with Crippen molar-refractivity contribution in [1.82, 2.24) is 0 Å². The first kappa shape index (κ1) is 13.0. The van der Waals surface area contributed by atoms with E-state index in [1.807, 2.05) is 25.1 Å². The fraction of sp³-hybridized carbons (Fsp3) is 0.562. The smallest absolute Gasteiger partial charge is 0.0994 e. The molecule has 2 unspecified atom stereocenters. The normalized spacial score (nSPS) is 33.7. The fourth-order valence-electron chi connectivity index (χ4n) is 3.60. The number of fused-ring (bicyclic) bond motifs is 2. The van der Waals surface area contributed by atoms with E-state index >= 15 is 0 Å². The standard InChI is InChI=1S/C16H19NOS/c1-11-12(10-17)4-2-7-15(11)16(18)8-13-5-3-6-14(9-16)19-13/h2,4,7,13-14,18H,3,5-6,8-9H2,1H3. The molecule has 0 aliphatic carbocycles. The lowest BCUT2D eigenvalue weighted by Crippen LogP contribution is -2.41. The highest BCUT2D eigenvalue weighted by atomic mass is 32.2. The van der Waals surface area contributed by atoms with E-state index in [0.717, 1.165) is 24.0 Å². The van der Waals surface area contributed by atoms with Crippen LogP contribution < -0.4 is 0 Å². The largest absolute Gasteiger partial charge is 0.385 e. The molecule has 2 saturated heterocycles. The zero-order valence-corrected chi connectivity index (χ0v) is 12.0. The van der Waals surface area contributed by atoms with Crippen LogP contribution in [-0.4, -0.2) is 15.6 Å². The molecule has 1 aromatic rings. The molecule has 0 aromatic heterocycles.